The van der Waals surface area contributed by atoms with Crippen LogP contribution in [0.3, 0.4) is 0 Å². The minimum absolute atomic E-state index is 0.468. The molecule has 56 valence electrons. The van der Waals surface area contributed by atoms with E-state index in [0.717, 1.165) is 5.52 Å². The Hall–Kier alpha value is -1.22. The van der Waals surface area contributed by atoms with Crippen molar-refractivity contribution in [1.29, 1.82) is 0 Å². The van der Waals surface area contributed by atoms with Gasteiger partial charge in [-0.1, -0.05) is 11.6 Å². The molecule has 0 aromatic carbocycles. The van der Waals surface area contributed by atoms with Gasteiger partial charge in [-0.3, -0.25) is 0 Å². The van der Waals surface area contributed by atoms with E-state index in [1.165, 1.54) is 0 Å². The summed E-state index contributed by atoms with van der Waals surface area (Å²) >= 11 is 5.86. The molecule has 0 atom stereocenters. The summed E-state index contributed by atoms with van der Waals surface area (Å²) in [5, 5.41) is 0.627. The number of anilines is 1. The van der Waals surface area contributed by atoms with Gasteiger partial charge in [-0.25, -0.2) is 4.98 Å². The molecule has 0 saturated heterocycles. The van der Waals surface area contributed by atoms with Gasteiger partial charge in [0.15, 0.2) is 5.82 Å². The molecule has 4 heteroatoms. The molecule has 0 aliphatic heterocycles. The van der Waals surface area contributed by atoms with E-state index in [0.29, 0.717) is 10.8 Å². The highest BCUT2D eigenvalue weighted by atomic mass is 35.5. The number of fused-ring (bicyclic) bond motifs is 1. The van der Waals surface area contributed by atoms with Crippen molar-refractivity contribution in [2.75, 3.05) is 5.73 Å². The summed E-state index contributed by atoms with van der Waals surface area (Å²) in [4.78, 5) is 3.91. The Morgan fingerprint density at radius 2 is 2.36 bits per heavy atom. The monoisotopic (exact) mass is 167 g/mol. The number of imidazole rings is 1. The van der Waals surface area contributed by atoms with E-state index in [1.807, 2.05) is 12.3 Å². The maximum absolute atomic E-state index is 5.86. The van der Waals surface area contributed by atoms with Gasteiger partial charge in [-0.15, -0.1) is 0 Å². The lowest BCUT2D eigenvalue weighted by molar-refractivity contribution is 1.15. The van der Waals surface area contributed by atoms with Crippen LogP contribution in [0.15, 0.2) is 24.7 Å². The summed E-state index contributed by atoms with van der Waals surface area (Å²) in [5.74, 6) is 0.468. The lowest BCUT2D eigenvalue weighted by Gasteiger charge is -1.94. The van der Waals surface area contributed by atoms with E-state index in [1.54, 1.807) is 16.8 Å². The van der Waals surface area contributed by atoms with Crippen LogP contribution in [0.2, 0.25) is 5.02 Å². The first-order valence-corrected chi connectivity index (χ1v) is 3.53. The summed E-state index contributed by atoms with van der Waals surface area (Å²) in [6.07, 6.45) is 3.49. The normalized spacial score (nSPS) is 10.6. The molecular weight excluding hydrogens is 162 g/mol. The van der Waals surface area contributed by atoms with Crippen molar-refractivity contribution in [3.63, 3.8) is 0 Å². The van der Waals surface area contributed by atoms with Gasteiger partial charge < -0.3 is 10.1 Å². The third kappa shape index (κ3) is 0.851. The standard InChI is InChI=1S/C7H6ClN3/c8-5-2-1-3-11-4-10-7(9)6(5)11/h1-4H,9H2. The van der Waals surface area contributed by atoms with Gasteiger partial charge in [-0.05, 0) is 12.1 Å². The minimum atomic E-state index is 0.468. The van der Waals surface area contributed by atoms with Gasteiger partial charge >= 0.3 is 0 Å². The number of pyridine rings is 1. The fourth-order valence-electron chi connectivity index (χ4n) is 1.03. The Kier molecular flexibility index (Phi) is 1.26. The Morgan fingerprint density at radius 3 is 3.09 bits per heavy atom. The Morgan fingerprint density at radius 1 is 1.55 bits per heavy atom. The number of hydrogen-bond acceptors (Lipinski definition) is 2. The molecule has 2 aromatic rings. The first-order chi connectivity index (χ1) is 5.29. The molecule has 2 aromatic heterocycles. The minimum Gasteiger partial charge on any atom is -0.382 e. The van der Waals surface area contributed by atoms with Gasteiger partial charge in [0.2, 0.25) is 0 Å². The van der Waals surface area contributed by atoms with Crippen LogP contribution in [0.4, 0.5) is 5.82 Å². The molecule has 0 aliphatic carbocycles. The SMILES string of the molecule is Nc1ncn2cccc(Cl)c12. The molecule has 3 nitrogen and oxygen atoms in total. The number of nitrogen functional groups attached to an aromatic ring is 1. The molecule has 0 amide bonds. The Labute approximate surface area is 68.4 Å². The average Bonchev–Trinajstić information content (AvgIpc) is 2.34. The van der Waals surface area contributed by atoms with E-state index in [2.05, 4.69) is 4.98 Å². The predicted octanol–water partition coefficient (Wildman–Crippen LogP) is 1.57. The lowest BCUT2D eigenvalue weighted by atomic mass is 10.4. The number of nitrogens with zero attached hydrogens (tertiary/aromatic N) is 2. The van der Waals surface area contributed by atoms with Crippen molar-refractivity contribution < 1.29 is 0 Å². The molecule has 11 heavy (non-hydrogen) atoms. The first-order valence-electron chi connectivity index (χ1n) is 3.15. The van der Waals surface area contributed by atoms with E-state index >= 15 is 0 Å². The van der Waals surface area contributed by atoms with E-state index in [9.17, 15) is 0 Å². The first kappa shape index (κ1) is 6.49. The van der Waals surface area contributed by atoms with Crippen molar-refractivity contribution in [2.24, 2.45) is 0 Å². The number of halogens is 1. The van der Waals surface area contributed by atoms with Gasteiger partial charge in [-0.2, -0.15) is 0 Å². The molecule has 0 bridgehead atoms. The van der Waals surface area contributed by atoms with Crippen molar-refractivity contribution in [3.05, 3.63) is 29.7 Å². The second kappa shape index (κ2) is 2.13. The highest BCUT2D eigenvalue weighted by Crippen LogP contribution is 2.20. The van der Waals surface area contributed by atoms with Crippen molar-refractivity contribution in [2.45, 2.75) is 0 Å². The van der Waals surface area contributed by atoms with Crippen molar-refractivity contribution >= 4 is 22.9 Å². The van der Waals surface area contributed by atoms with Crippen LogP contribution in [0.1, 0.15) is 0 Å². The largest absolute Gasteiger partial charge is 0.382 e. The quantitative estimate of drug-likeness (QED) is 0.647. The van der Waals surface area contributed by atoms with Gasteiger partial charge in [0.1, 0.15) is 11.8 Å². The van der Waals surface area contributed by atoms with E-state index < -0.39 is 0 Å². The molecule has 0 aliphatic rings. The molecule has 2 rings (SSSR count). The fraction of sp³-hybridized carbons (Fsp3) is 0. The lowest BCUT2D eigenvalue weighted by Crippen LogP contribution is -1.86. The molecule has 0 saturated carbocycles. The molecule has 0 radical (unpaired) electrons. The molecule has 0 unspecified atom stereocenters. The van der Waals surface area contributed by atoms with Crippen LogP contribution >= 0.6 is 11.6 Å². The zero-order valence-electron chi connectivity index (χ0n) is 5.66. The van der Waals surface area contributed by atoms with Crippen LogP contribution in [0.25, 0.3) is 5.52 Å². The average molecular weight is 168 g/mol. The molecule has 2 heterocycles. The summed E-state index contributed by atoms with van der Waals surface area (Å²) in [6, 6.07) is 3.63. The summed E-state index contributed by atoms with van der Waals surface area (Å²) < 4.78 is 1.79. The molecule has 0 fully saturated rings. The Bertz CT molecular complexity index is 393. The smallest absolute Gasteiger partial charge is 0.151 e. The zero-order chi connectivity index (χ0) is 7.84. The number of aromatic nitrogens is 2. The summed E-state index contributed by atoms with van der Waals surface area (Å²) in [7, 11) is 0. The van der Waals surface area contributed by atoms with Crippen molar-refractivity contribution in [1.82, 2.24) is 9.38 Å². The van der Waals surface area contributed by atoms with Crippen LogP contribution in [-0.2, 0) is 0 Å². The van der Waals surface area contributed by atoms with Gasteiger partial charge in [0.25, 0.3) is 0 Å². The predicted molar refractivity (Wildman–Crippen MR) is 44.6 cm³/mol. The second-order valence-corrected chi connectivity index (χ2v) is 2.65. The van der Waals surface area contributed by atoms with Crippen LogP contribution in [-0.4, -0.2) is 9.38 Å². The third-order valence-corrected chi connectivity index (χ3v) is 1.84. The number of hydrogen-bond donors (Lipinski definition) is 1. The fourth-order valence-corrected chi connectivity index (χ4v) is 1.30. The number of rotatable bonds is 0. The van der Waals surface area contributed by atoms with Crippen molar-refractivity contribution in [3.8, 4) is 0 Å². The van der Waals surface area contributed by atoms with E-state index in [-0.39, 0.29) is 0 Å². The van der Waals surface area contributed by atoms with Crippen LogP contribution in [0.5, 0.6) is 0 Å². The van der Waals surface area contributed by atoms with Gasteiger partial charge in [0.05, 0.1) is 5.02 Å². The molecular formula is C7H6ClN3. The Balaban J connectivity index is 2.96. The zero-order valence-corrected chi connectivity index (χ0v) is 6.42. The number of nitrogens with two attached hydrogens (primary N) is 1. The highest BCUT2D eigenvalue weighted by Gasteiger charge is 2.02. The van der Waals surface area contributed by atoms with Gasteiger partial charge in [0, 0.05) is 6.20 Å². The second-order valence-electron chi connectivity index (χ2n) is 2.24. The summed E-state index contributed by atoms with van der Waals surface area (Å²) in [5.41, 5.74) is 6.33. The maximum Gasteiger partial charge on any atom is 0.151 e. The highest BCUT2D eigenvalue weighted by molar-refractivity contribution is 6.34. The molecule has 2 N–H and O–H groups in total. The van der Waals surface area contributed by atoms with E-state index in [4.69, 9.17) is 17.3 Å². The van der Waals surface area contributed by atoms with Crippen LogP contribution < -0.4 is 5.73 Å². The topological polar surface area (TPSA) is 43.3 Å². The van der Waals surface area contributed by atoms with Crippen LogP contribution in [0, 0.1) is 0 Å². The maximum atomic E-state index is 5.86. The summed E-state index contributed by atoms with van der Waals surface area (Å²) in [6.45, 7) is 0. The molecule has 0 spiro atoms. The third-order valence-electron chi connectivity index (χ3n) is 1.54.